The molecule has 0 radical (unpaired) electrons. The molecule has 1 atom stereocenters. The van der Waals surface area contributed by atoms with Gasteiger partial charge in [0.25, 0.3) is 0 Å². The summed E-state index contributed by atoms with van der Waals surface area (Å²) < 4.78 is 0. The van der Waals surface area contributed by atoms with Gasteiger partial charge in [0.05, 0.1) is 24.3 Å². The van der Waals surface area contributed by atoms with Crippen LogP contribution in [0, 0.1) is 11.3 Å². The number of anilines is 1. The van der Waals surface area contributed by atoms with Crippen molar-refractivity contribution in [2.45, 2.75) is 6.04 Å². The molecular formula is C16H15N3O2. The molecule has 2 aromatic carbocycles. The minimum Gasteiger partial charge on any atom is -0.394 e. The molecule has 5 heteroatoms. The fourth-order valence-corrected chi connectivity index (χ4v) is 1.91. The number of urea groups is 1. The highest BCUT2D eigenvalue weighted by Gasteiger charge is 2.13. The van der Waals surface area contributed by atoms with E-state index in [1.54, 1.807) is 24.3 Å². The average Bonchev–Trinajstić information content (AvgIpc) is 2.53. The second-order valence-corrected chi connectivity index (χ2v) is 4.44. The van der Waals surface area contributed by atoms with Crippen LogP contribution in [-0.4, -0.2) is 17.7 Å². The van der Waals surface area contributed by atoms with E-state index >= 15 is 0 Å². The van der Waals surface area contributed by atoms with Gasteiger partial charge in [-0.05, 0) is 23.8 Å². The number of nitrogens with one attached hydrogen (secondary N) is 2. The zero-order chi connectivity index (χ0) is 15.1. The molecule has 3 N–H and O–H groups in total. The molecule has 0 aliphatic rings. The zero-order valence-electron chi connectivity index (χ0n) is 11.3. The Bertz CT molecular complexity index is 650. The number of rotatable bonds is 4. The lowest BCUT2D eigenvalue weighted by atomic mass is 10.1. The third-order valence-corrected chi connectivity index (χ3v) is 2.94. The SMILES string of the molecule is N#Cc1cccc(NC(=O)N[C@H](CO)c2ccccc2)c1. The van der Waals surface area contributed by atoms with E-state index in [-0.39, 0.29) is 6.61 Å². The van der Waals surface area contributed by atoms with E-state index in [4.69, 9.17) is 5.26 Å². The third kappa shape index (κ3) is 4.06. The maximum atomic E-state index is 11.9. The first-order valence-corrected chi connectivity index (χ1v) is 6.46. The number of hydrogen-bond donors (Lipinski definition) is 3. The number of aliphatic hydroxyl groups excluding tert-OH is 1. The number of aliphatic hydroxyl groups is 1. The van der Waals surface area contributed by atoms with Gasteiger partial charge in [-0.1, -0.05) is 36.4 Å². The number of amides is 2. The Hall–Kier alpha value is -2.84. The molecule has 106 valence electrons. The van der Waals surface area contributed by atoms with Gasteiger partial charge in [-0.3, -0.25) is 0 Å². The highest BCUT2D eigenvalue weighted by molar-refractivity contribution is 5.89. The maximum absolute atomic E-state index is 11.9. The summed E-state index contributed by atoms with van der Waals surface area (Å²) in [6, 6.07) is 16.9. The predicted molar refractivity (Wildman–Crippen MR) is 79.6 cm³/mol. The largest absolute Gasteiger partial charge is 0.394 e. The van der Waals surface area contributed by atoms with Crippen LogP contribution in [0.2, 0.25) is 0 Å². The van der Waals surface area contributed by atoms with Crippen LogP contribution in [0.15, 0.2) is 54.6 Å². The number of benzene rings is 2. The van der Waals surface area contributed by atoms with E-state index in [0.717, 1.165) is 5.56 Å². The van der Waals surface area contributed by atoms with Gasteiger partial charge in [0, 0.05) is 5.69 Å². The summed E-state index contributed by atoms with van der Waals surface area (Å²) in [5.41, 5.74) is 1.81. The van der Waals surface area contributed by atoms with Crippen LogP contribution in [0.3, 0.4) is 0 Å². The van der Waals surface area contributed by atoms with Crippen molar-refractivity contribution in [3.05, 3.63) is 65.7 Å². The van der Waals surface area contributed by atoms with E-state index in [0.29, 0.717) is 11.3 Å². The number of carbonyl (C=O) groups is 1. The lowest BCUT2D eigenvalue weighted by Crippen LogP contribution is -2.34. The van der Waals surface area contributed by atoms with Crippen LogP contribution in [0.5, 0.6) is 0 Å². The van der Waals surface area contributed by atoms with Gasteiger partial charge in [0.15, 0.2) is 0 Å². The van der Waals surface area contributed by atoms with Crippen molar-refractivity contribution < 1.29 is 9.90 Å². The highest BCUT2D eigenvalue weighted by Crippen LogP contribution is 2.13. The lowest BCUT2D eigenvalue weighted by molar-refractivity contribution is 0.225. The summed E-state index contributed by atoms with van der Waals surface area (Å²) in [7, 11) is 0. The second-order valence-electron chi connectivity index (χ2n) is 4.44. The van der Waals surface area contributed by atoms with Crippen LogP contribution < -0.4 is 10.6 Å². The minimum atomic E-state index is -0.481. The Labute approximate surface area is 122 Å². The molecule has 0 aliphatic carbocycles. The Morgan fingerprint density at radius 2 is 1.95 bits per heavy atom. The lowest BCUT2D eigenvalue weighted by Gasteiger charge is -2.17. The molecule has 21 heavy (non-hydrogen) atoms. The molecule has 2 amide bonds. The van der Waals surface area contributed by atoms with Gasteiger partial charge >= 0.3 is 6.03 Å². The van der Waals surface area contributed by atoms with Crippen molar-refractivity contribution >= 4 is 11.7 Å². The van der Waals surface area contributed by atoms with E-state index in [9.17, 15) is 9.90 Å². The minimum absolute atomic E-state index is 0.199. The highest BCUT2D eigenvalue weighted by atomic mass is 16.3. The number of carbonyl (C=O) groups excluding carboxylic acids is 1. The van der Waals surface area contributed by atoms with Crippen LogP contribution in [-0.2, 0) is 0 Å². The smallest absolute Gasteiger partial charge is 0.319 e. The van der Waals surface area contributed by atoms with Crippen LogP contribution in [0.1, 0.15) is 17.2 Å². The molecule has 0 aromatic heterocycles. The first-order chi connectivity index (χ1) is 10.2. The fraction of sp³-hybridized carbons (Fsp3) is 0.125. The molecule has 2 aromatic rings. The maximum Gasteiger partial charge on any atom is 0.319 e. The first-order valence-electron chi connectivity index (χ1n) is 6.46. The second kappa shape index (κ2) is 7.08. The molecule has 5 nitrogen and oxygen atoms in total. The van der Waals surface area contributed by atoms with Crippen LogP contribution in [0.25, 0.3) is 0 Å². The van der Waals surface area contributed by atoms with Crippen LogP contribution >= 0.6 is 0 Å². The molecule has 0 unspecified atom stereocenters. The number of nitriles is 1. The molecule has 2 rings (SSSR count). The molecule has 0 bridgehead atoms. The van der Waals surface area contributed by atoms with E-state index in [1.165, 1.54) is 0 Å². The molecule has 0 fully saturated rings. The number of hydrogen-bond acceptors (Lipinski definition) is 3. The first kappa shape index (κ1) is 14.6. The quantitative estimate of drug-likeness (QED) is 0.804. The summed E-state index contributed by atoms with van der Waals surface area (Å²) in [6.07, 6.45) is 0. The van der Waals surface area contributed by atoms with Crippen molar-refractivity contribution in [2.75, 3.05) is 11.9 Å². The summed E-state index contributed by atoms with van der Waals surface area (Å²) in [5, 5.41) is 23.5. The summed E-state index contributed by atoms with van der Waals surface area (Å²) in [4.78, 5) is 11.9. The summed E-state index contributed by atoms with van der Waals surface area (Å²) >= 11 is 0. The van der Waals surface area contributed by atoms with E-state index < -0.39 is 12.1 Å². The predicted octanol–water partition coefficient (Wildman–Crippen LogP) is 2.41. The third-order valence-electron chi connectivity index (χ3n) is 2.94. The van der Waals surface area contributed by atoms with Crippen LogP contribution in [0.4, 0.5) is 10.5 Å². The van der Waals surface area contributed by atoms with Crippen molar-refractivity contribution in [1.29, 1.82) is 5.26 Å². The van der Waals surface area contributed by atoms with Crippen molar-refractivity contribution in [3.8, 4) is 6.07 Å². The Balaban J connectivity index is 2.02. The standard InChI is InChI=1S/C16H15N3O2/c17-10-12-5-4-8-14(9-12)18-16(21)19-15(11-20)13-6-2-1-3-7-13/h1-9,15,20H,11H2,(H2,18,19,21)/t15-/m1/s1. The normalized spacial score (nSPS) is 11.2. The molecule has 0 heterocycles. The van der Waals surface area contributed by atoms with Gasteiger partial charge < -0.3 is 15.7 Å². The van der Waals surface area contributed by atoms with Gasteiger partial charge in [0.2, 0.25) is 0 Å². The zero-order valence-corrected chi connectivity index (χ0v) is 11.3. The monoisotopic (exact) mass is 281 g/mol. The molecule has 0 saturated carbocycles. The number of nitrogens with zero attached hydrogens (tertiary/aromatic N) is 1. The topological polar surface area (TPSA) is 85.2 Å². The molecule has 0 aliphatic heterocycles. The van der Waals surface area contributed by atoms with Gasteiger partial charge in [0.1, 0.15) is 0 Å². The van der Waals surface area contributed by atoms with Crippen molar-refractivity contribution in [2.24, 2.45) is 0 Å². The fourth-order valence-electron chi connectivity index (χ4n) is 1.91. The summed E-state index contributed by atoms with van der Waals surface area (Å²) in [5.74, 6) is 0. The van der Waals surface area contributed by atoms with Gasteiger partial charge in [-0.2, -0.15) is 5.26 Å². The van der Waals surface area contributed by atoms with Crippen molar-refractivity contribution in [1.82, 2.24) is 5.32 Å². The summed E-state index contributed by atoms with van der Waals surface area (Å²) in [6.45, 7) is -0.199. The van der Waals surface area contributed by atoms with E-state index in [1.807, 2.05) is 36.4 Å². The van der Waals surface area contributed by atoms with Crippen molar-refractivity contribution in [3.63, 3.8) is 0 Å². The van der Waals surface area contributed by atoms with Gasteiger partial charge in [-0.25, -0.2) is 4.79 Å². The van der Waals surface area contributed by atoms with E-state index in [2.05, 4.69) is 10.6 Å². The average molecular weight is 281 g/mol. The molecule has 0 spiro atoms. The Morgan fingerprint density at radius 1 is 1.19 bits per heavy atom. The Kier molecular flexibility index (Phi) is 4.91. The van der Waals surface area contributed by atoms with Gasteiger partial charge in [-0.15, -0.1) is 0 Å². The molecular weight excluding hydrogens is 266 g/mol. The molecule has 0 saturated heterocycles. The Morgan fingerprint density at radius 3 is 2.62 bits per heavy atom.